The molecule has 0 aliphatic rings. The third-order valence-electron chi connectivity index (χ3n) is 4.26. The highest BCUT2D eigenvalue weighted by atomic mass is 79.9. The van der Waals surface area contributed by atoms with Gasteiger partial charge in [0.25, 0.3) is 0 Å². The van der Waals surface area contributed by atoms with Crippen molar-refractivity contribution in [3.05, 3.63) is 48.7 Å². The highest BCUT2D eigenvalue weighted by molar-refractivity contribution is 9.09. The van der Waals surface area contributed by atoms with Crippen molar-refractivity contribution in [2.75, 3.05) is 19.0 Å². The summed E-state index contributed by atoms with van der Waals surface area (Å²) in [6.45, 7) is 0.545. The summed E-state index contributed by atoms with van der Waals surface area (Å²) in [6.07, 6.45) is 3.92. The van der Waals surface area contributed by atoms with Crippen LogP contribution in [0.1, 0.15) is 6.42 Å². The first kappa shape index (κ1) is 18.5. The second-order valence-electron chi connectivity index (χ2n) is 6.01. The van der Waals surface area contributed by atoms with Gasteiger partial charge in [-0.25, -0.2) is 14.4 Å². The molecule has 0 saturated heterocycles. The maximum Gasteiger partial charge on any atom is 0.230 e. The van der Waals surface area contributed by atoms with Crippen LogP contribution in [0, 0.1) is 5.82 Å². The van der Waals surface area contributed by atoms with Crippen molar-refractivity contribution in [1.29, 1.82) is 0 Å². The van der Waals surface area contributed by atoms with Crippen molar-refractivity contribution in [3.63, 3.8) is 0 Å². The SMILES string of the molecule is COc1cc2c(Oc3ccc4[nH]ccc4c3F)ncnc2cc1OCCCBr. The number of ether oxygens (including phenoxy) is 3. The minimum Gasteiger partial charge on any atom is -0.493 e. The molecule has 0 atom stereocenters. The topological polar surface area (TPSA) is 69.3 Å². The van der Waals surface area contributed by atoms with Crippen LogP contribution in [0.25, 0.3) is 21.8 Å². The van der Waals surface area contributed by atoms with Gasteiger partial charge in [0.15, 0.2) is 23.1 Å². The van der Waals surface area contributed by atoms with E-state index in [1.807, 2.05) is 0 Å². The summed E-state index contributed by atoms with van der Waals surface area (Å²) in [5.41, 5.74) is 1.31. The molecule has 4 rings (SSSR count). The van der Waals surface area contributed by atoms with Crippen molar-refractivity contribution < 1.29 is 18.6 Å². The molecule has 2 aromatic carbocycles. The maximum atomic E-state index is 14.7. The van der Waals surface area contributed by atoms with Gasteiger partial charge in [-0.3, -0.25) is 0 Å². The number of aromatic amines is 1. The normalized spacial score (nSPS) is 11.1. The average Bonchev–Trinajstić information content (AvgIpc) is 3.19. The quantitative estimate of drug-likeness (QED) is 0.312. The van der Waals surface area contributed by atoms with Crippen LogP contribution >= 0.6 is 15.9 Å². The van der Waals surface area contributed by atoms with Gasteiger partial charge < -0.3 is 19.2 Å². The summed E-state index contributed by atoms with van der Waals surface area (Å²) in [4.78, 5) is 11.4. The monoisotopic (exact) mass is 445 g/mol. The number of H-pyrrole nitrogens is 1. The molecule has 144 valence electrons. The van der Waals surface area contributed by atoms with E-state index >= 15 is 0 Å². The number of rotatable bonds is 7. The third kappa shape index (κ3) is 3.47. The van der Waals surface area contributed by atoms with Gasteiger partial charge in [-0.1, -0.05) is 15.9 Å². The fraction of sp³-hybridized carbons (Fsp3) is 0.200. The summed E-state index contributed by atoms with van der Waals surface area (Å²) in [6, 6.07) is 8.49. The van der Waals surface area contributed by atoms with Gasteiger partial charge in [-0.05, 0) is 30.7 Å². The van der Waals surface area contributed by atoms with E-state index in [1.165, 1.54) is 6.33 Å². The number of nitrogens with zero attached hydrogens (tertiary/aromatic N) is 2. The van der Waals surface area contributed by atoms with Crippen molar-refractivity contribution in [1.82, 2.24) is 15.0 Å². The van der Waals surface area contributed by atoms with Crippen LogP contribution < -0.4 is 14.2 Å². The van der Waals surface area contributed by atoms with E-state index in [9.17, 15) is 4.39 Å². The Hall–Kier alpha value is -2.87. The molecule has 4 aromatic rings. The predicted molar refractivity (Wildman–Crippen MR) is 108 cm³/mol. The molecule has 8 heteroatoms. The molecule has 0 fully saturated rings. The van der Waals surface area contributed by atoms with E-state index in [0.717, 1.165) is 11.8 Å². The molecule has 6 nitrogen and oxygen atoms in total. The Balaban J connectivity index is 1.73. The Morgan fingerprint density at radius 1 is 1.07 bits per heavy atom. The first-order valence-electron chi connectivity index (χ1n) is 8.66. The van der Waals surface area contributed by atoms with Gasteiger partial charge in [0.05, 0.1) is 24.6 Å². The van der Waals surface area contributed by atoms with Gasteiger partial charge in [-0.15, -0.1) is 0 Å². The lowest BCUT2D eigenvalue weighted by molar-refractivity contribution is 0.296. The smallest absolute Gasteiger partial charge is 0.230 e. The summed E-state index contributed by atoms with van der Waals surface area (Å²) in [5, 5.41) is 1.90. The first-order chi connectivity index (χ1) is 13.7. The molecule has 28 heavy (non-hydrogen) atoms. The molecule has 1 N–H and O–H groups in total. The number of hydrogen-bond donors (Lipinski definition) is 1. The minimum atomic E-state index is -0.452. The van der Waals surface area contributed by atoms with Gasteiger partial charge >= 0.3 is 0 Å². The van der Waals surface area contributed by atoms with Crippen molar-refractivity contribution >= 4 is 37.7 Å². The van der Waals surface area contributed by atoms with Crippen LogP contribution in [0.15, 0.2) is 42.9 Å². The third-order valence-corrected chi connectivity index (χ3v) is 4.82. The second-order valence-corrected chi connectivity index (χ2v) is 6.80. The number of methoxy groups -OCH3 is 1. The largest absolute Gasteiger partial charge is 0.493 e. The molecule has 2 aromatic heterocycles. The lowest BCUT2D eigenvalue weighted by atomic mass is 10.2. The Bertz CT molecular complexity index is 1130. The summed E-state index contributed by atoms with van der Waals surface area (Å²) < 4.78 is 31.7. The van der Waals surface area contributed by atoms with E-state index in [1.54, 1.807) is 43.6 Å². The van der Waals surface area contributed by atoms with Crippen LogP contribution in [0.2, 0.25) is 0 Å². The summed E-state index contributed by atoms with van der Waals surface area (Å²) in [5.74, 6) is 0.990. The molecule has 0 radical (unpaired) electrons. The highest BCUT2D eigenvalue weighted by Gasteiger charge is 2.16. The lowest BCUT2D eigenvalue weighted by Crippen LogP contribution is -2.01. The maximum absolute atomic E-state index is 14.7. The Morgan fingerprint density at radius 2 is 1.96 bits per heavy atom. The number of benzene rings is 2. The molecule has 0 saturated carbocycles. The van der Waals surface area contributed by atoms with Gasteiger partial charge in [0, 0.05) is 28.5 Å². The van der Waals surface area contributed by atoms with E-state index in [4.69, 9.17) is 14.2 Å². The van der Waals surface area contributed by atoms with E-state index in [2.05, 4.69) is 30.9 Å². The molecule has 0 spiro atoms. The van der Waals surface area contributed by atoms with Crippen molar-refractivity contribution in [2.45, 2.75) is 6.42 Å². The van der Waals surface area contributed by atoms with Crippen LogP contribution in [0.5, 0.6) is 23.1 Å². The van der Waals surface area contributed by atoms with Crippen molar-refractivity contribution in [3.8, 4) is 23.1 Å². The van der Waals surface area contributed by atoms with E-state index in [0.29, 0.717) is 39.9 Å². The lowest BCUT2D eigenvalue weighted by Gasteiger charge is -2.13. The van der Waals surface area contributed by atoms with E-state index in [-0.39, 0.29) is 11.6 Å². The zero-order valence-electron chi connectivity index (χ0n) is 15.0. The molecule has 0 unspecified atom stereocenters. The van der Waals surface area contributed by atoms with Gasteiger partial charge in [0.1, 0.15) is 6.33 Å². The molecular formula is C20H17BrFN3O3. The Labute approximate surface area is 168 Å². The summed E-state index contributed by atoms with van der Waals surface area (Å²) >= 11 is 3.38. The molecule has 0 aliphatic heterocycles. The number of hydrogen-bond acceptors (Lipinski definition) is 5. The Kier molecular flexibility index (Phi) is 5.29. The molecule has 0 aliphatic carbocycles. The van der Waals surface area contributed by atoms with Gasteiger partial charge in [0.2, 0.25) is 5.88 Å². The molecule has 2 heterocycles. The predicted octanol–water partition coefficient (Wildman–Crippen LogP) is 5.21. The highest BCUT2D eigenvalue weighted by Crippen LogP contribution is 2.37. The minimum absolute atomic E-state index is 0.0868. The number of fused-ring (bicyclic) bond motifs is 2. The zero-order valence-corrected chi connectivity index (χ0v) is 16.6. The number of halogens is 2. The van der Waals surface area contributed by atoms with Crippen molar-refractivity contribution in [2.24, 2.45) is 0 Å². The van der Waals surface area contributed by atoms with Gasteiger partial charge in [-0.2, -0.15) is 0 Å². The second kappa shape index (κ2) is 8.02. The van der Waals surface area contributed by atoms with Crippen LogP contribution in [-0.2, 0) is 0 Å². The molecule has 0 bridgehead atoms. The molecular weight excluding hydrogens is 429 g/mol. The number of nitrogens with one attached hydrogen (secondary N) is 1. The molecule has 0 amide bonds. The van der Waals surface area contributed by atoms with E-state index < -0.39 is 5.82 Å². The average molecular weight is 446 g/mol. The Morgan fingerprint density at radius 3 is 2.79 bits per heavy atom. The van der Waals surface area contributed by atoms with Crippen LogP contribution in [0.3, 0.4) is 0 Å². The fourth-order valence-corrected chi connectivity index (χ4v) is 3.12. The van der Waals surface area contributed by atoms with Crippen LogP contribution in [-0.4, -0.2) is 34.0 Å². The number of alkyl halides is 1. The zero-order chi connectivity index (χ0) is 19.5. The standard InChI is InChI=1S/C20H17BrFN3O3/c1-26-17-9-13-15(10-18(17)27-8-2-6-21)24-11-25-20(13)28-16-4-3-14-12(19(16)22)5-7-23-14/h3-5,7,9-11,23H,2,6,8H2,1H3. The first-order valence-corrected chi connectivity index (χ1v) is 9.78. The van der Waals surface area contributed by atoms with Crippen LogP contribution in [0.4, 0.5) is 4.39 Å². The fourth-order valence-electron chi connectivity index (χ4n) is 2.89. The summed E-state index contributed by atoms with van der Waals surface area (Å²) in [7, 11) is 1.56. The number of aromatic nitrogens is 3.